The van der Waals surface area contributed by atoms with Crippen LogP contribution in [0.2, 0.25) is 0 Å². The molecule has 1 aromatic heterocycles. The zero-order valence-electron chi connectivity index (χ0n) is 10.9. The Labute approximate surface area is 112 Å². The lowest BCUT2D eigenvalue weighted by Gasteiger charge is -2.09. The third-order valence-corrected chi connectivity index (χ3v) is 2.62. The van der Waals surface area contributed by atoms with Crippen molar-refractivity contribution in [3.63, 3.8) is 0 Å². The highest BCUT2D eigenvalue weighted by Gasteiger charge is 2.02. The maximum Gasteiger partial charge on any atom is 0.125 e. The first-order valence-corrected chi connectivity index (χ1v) is 6.17. The number of hydrogen-bond acceptors (Lipinski definition) is 3. The lowest BCUT2D eigenvalue weighted by atomic mass is 10.2. The smallest absolute Gasteiger partial charge is 0.125 e. The van der Waals surface area contributed by atoms with Gasteiger partial charge in [-0.2, -0.15) is 0 Å². The number of ether oxygens (including phenoxy) is 1. The normalized spacial score (nSPS) is 10.6. The second-order valence-electron chi connectivity index (χ2n) is 4.46. The number of nitrogens with zero attached hydrogens (tertiary/aromatic N) is 1. The minimum atomic E-state index is -0.276. The minimum Gasteiger partial charge on any atom is -0.382 e. The van der Waals surface area contributed by atoms with E-state index in [-0.39, 0.29) is 5.82 Å². The van der Waals surface area contributed by atoms with E-state index in [2.05, 4.69) is 16.9 Å². The molecule has 0 saturated carbocycles. The van der Waals surface area contributed by atoms with Crippen molar-refractivity contribution in [3.05, 3.63) is 48.4 Å². The number of pyridine rings is 1. The van der Waals surface area contributed by atoms with Crippen LogP contribution in [0.1, 0.15) is 6.92 Å². The summed E-state index contributed by atoms with van der Waals surface area (Å²) in [7, 11) is 0. The number of aromatic nitrogens is 1. The fourth-order valence-electron chi connectivity index (χ4n) is 1.78. The van der Waals surface area contributed by atoms with Crippen molar-refractivity contribution >= 4 is 16.6 Å². The molecule has 0 atom stereocenters. The zero-order chi connectivity index (χ0) is 13.7. The first-order chi connectivity index (χ1) is 9.16. The molecule has 0 unspecified atom stereocenters. The van der Waals surface area contributed by atoms with Crippen LogP contribution in [0.3, 0.4) is 0 Å². The zero-order valence-corrected chi connectivity index (χ0v) is 10.9. The van der Waals surface area contributed by atoms with Crippen molar-refractivity contribution in [2.45, 2.75) is 6.92 Å². The second-order valence-corrected chi connectivity index (χ2v) is 4.46. The summed E-state index contributed by atoms with van der Waals surface area (Å²) >= 11 is 0. The maximum atomic E-state index is 13.1. The van der Waals surface area contributed by atoms with Crippen molar-refractivity contribution < 1.29 is 9.13 Å². The third-order valence-electron chi connectivity index (χ3n) is 2.62. The van der Waals surface area contributed by atoms with Crippen LogP contribution in [0.4, 0.5) is 10.1 Å². The third kappa shape index (κ3) is 3.76. The molecule has 3 nitrogen and oxygen atoms in total. The van der Waals surface area contributed by atoms with E-state index in [1.54, 1.807) is 12.3 Å². The van der Waals surface area contributed by atoms with E-state index in [0.29, 0.717) is 25.3 Å². The van der Waals surface area contributed by atoms with Crippen LogP contribution in [0.25, 0.3) is 10.9 Å². The minimum absolute atomic E-state index is 0.276. The van der Waals surface area contributed by atoms with Crippen LogP contribution in [0, 0.1) is 5.82 Å². The van der Waals surface area contributed by atoms with Crippen LogP contribution in [-0.2, 0) is 4.74 Å². The highest BCUT2D eigenvalue weighted by atomic mass is 19.1. The average Bonchev–Trinajstić information content (AvgIpc) is 2.37. The van der Waals surface area contributed by atoms with E-state index in [0.717, 1.165) is 16.6 Å². The summed E-state index contributed by atoms with van der Waals surface area (Å²) in [5, 5.41) is 4.17. The molecule has 4 heteroatoms. The van der Waals surface area contributed by atoms with Gasteiger partial charge in [0.25, 0.3) is 0 Å². The Morgan fingerprint density at radius 1 is 1.42 bits per heavy atom. The Morgan fingerprint density at radius 3 is 3.05 bits per heavy atom. The number of rotatable bonds is 6. The van der Waals surface area contributed by atoms with Gasteiger partial charge in [-0.1, -0.05) is 12.2 Å². The summed E-state index contributed by atoms with van der Waals surface area (Å²) in [6, 6.07) is 6.47. The van der Waals surface area contributed by atoms with Gasteiger partial charge in [0.1, 0.15) is 5.82 Å². The Hall–Kier alpha value is -1.94. The average molecular weight is 260 g/mol. The molecule has 0 aliphatic rings. The maximum absolute atomic E-state index is 13.1. The van der Waals surface area contributed by atoms with Gasteiger partial charge in [-0.25, -0.2) is 4.39 Å². The van der Waals surface area contributed by atoms with Crippen molar-refractivity contribution in [2.24, 2.45) is 0 Å². The SMILES string of the molecule is C=C(C)COCCNc1ccnc2cc(F)ccc12. The van der Waals surface area contributed by atoms with Crippen molar-refractivity contribution in [1.29, 1.82) is 0 Å². The molecule has 0 fully saturated rings. The van der Waals surface area contributed by atoms with E-state index in [1.807, 2.05) is 13.0 Å². The molecule has 2 aromatic rings. The van der Waals surface area contributed by atoms with Gasteiger partial charge in [-0.3, -0.25) is 4.98 Å². The van der Waals surface area contributed by atoms with Crippen LogP contribution in [0.5, 0.6) is 0 Å². The standard InChI is InChI=1S/C15H17FN2O/c1-11(2)10-19-8-7-18-14-5-6-17-15-9-12(16)3-4-13(14)15/h3-6,9H,1,7-8,10H2,2H3,(H,17,18). The molecule has 0 radical (unpaired) electrons. The Balaban J connectivity index is 1.99. The Kier molecular flexibility index (Phi) is 4.47. The van der Waals surface area contributed by atoms with Gasteiger partial charge in [0.15, 0.2) is 0 Å². The fourth-order valence-corrected chi connectivity index (χ4v) is 1.78. The number of halogens is 1. The first-order valence-electron chi connectivity index (χ1n) is 6.17. The molecule has 0 spiro atoms. The van der Waals surface area contributed by atoms with Gasteiger partial charge < -0.3 is 10.1 Å². The number of nitrogens with one attached hydrogen (secondary N) is 1. The van der Waals surface area contributed by atoms with Gasteiger partial charge in [-0.05, 0) is 25.1 Å². The van der Waals surface area contributed by atoms with Crippen LogP contribution in [-0.4, -0.2) is 24.7 Å². The predicted octanol–water partition coefficient (Wildman–Crippen LogP) is 3.38. The number of benzene rings is 1. The number of hydrogen-bond donors (Lipinski definition) is 1. The molecule has 1 aromatic carbocycles. The topological polar surface area (TPSA) is 34.1 Å². The second kappa shape index (κ2) is 6.29. The van der Waals surface area contributed by atoms with Gasteiger partial charge in [0.2, 0.25) is 0 Å². The van der Waals surface area contributed by atoms with E-state index < -0.39 is 0 Å². The lowest BCUT2D eigenvalue weighted by molar-refractivity contribution is 0.167. The molecular formula is C15H17FN2O. The fraction of sp³-hybridized carbons (Fsp3) is 0.267. The molecule has 0 saturated heterocycles. The van der Waals surface area contributed by atoms with Crippen LogP contribution >= 0.6 is 0 Å². The molecule has 2 rings (SSSR count). The van der Waals surface area contributed by atoms with Crippen molar-refractivity contribution in [3.8, 4) is 0 Å². The van der Waals surface area contributed by atoms with Gasteiger partial charge in [-0.15, -0.1) is 0 Å². The first kappa shape index (κ1) is 13.5. The quantitative estimate of drug-likeness (QED) is 0.638. The molecule has 0 bridgehead atoms. The molecule has 100 valence electrons. The molecule has 19 heavy (non-hydrogen) atoms. The number of fused-ring (bicyclic) bond motifs is 1. The van der Waals surface area contributed by atoms with Crippen molar-refractivity contribution in [1.82, 2.24) is 4.98 Å². The molecule has 1 N–H and O–H groups in total. The summed E-state index contributed by atoms with van der Waals surface area (Å²) in [5.41, 5.74) is 2.58. The van der Waals surface area contributed by atoms with Gasteiger partial charge in [0.05, 0.1) is 18.7 Å². The van der Waals surface area contributed by atoms with E-state index in [4.69, 9.17) is 4.74 Å². The molecule has 0 aliphatic carbocycles. The summed E-state index contributed by atoms with van der Waals surface area (Å²) in [5.74, 6) is -0.276. The van der Waals surface area contributed by atoms with Gasteiger partial charge >= 0.3 is 0 Å². The van der Waals surface area contributed by atoms with Crippen molar-refractivity contribution in [2.75, 3.05) is 25.1 Å². The van der Waals surface area contributed by atoms with Gasteiger partial charge in [0, 0.05) is 29.9 Å². The Morgan fingerprint density at radius 2 is 2.26 bits per heavy atom. The highest BCUT2D eigenvalue weighted by molar-refractivity contribution is 5.90. The van der Waals surface area contributed by atoms with Crippen LogP contribution in [0.15, 0.2) is 42.6 Å². The predicted molar refractivity (Wildman–Crippen MR) is 75.8 cm³/mol. The summed E-state index contributed by atoms with van der Waals surface area (Å²) < 4.78 is 18.5. The Bertz CT molecular complexity index is 583. The summed E-state index contributed by atoms with van der Waals surface area (Å²) in [6.45, 7) is 7.55. The van der Waals surface area contributed by atoms with E-state index in [1.165, 1.54) is 12.1 Å². The molecule has 1 heterocycles. The molecule has 0 amide bonds. The summed E-state index contributed by atoms with van der Waals surface area (Å²) in [6.07, 6.45) is 1.67. The largest absolute Gasteiger partial charge is 0.382 e. The lowest BCUT2D eigenvalue weighted by Crippen LogP contribution is -2.10. The molecule has 0 aliphatic heterocycles. The van der Waals surface area contributed by atoms with Crippen LogP contribution < -0.4 is 5.32 Å². The number of anilines is 1. The molecular weight excluding hydrogens is 243 g/mol. The highest BCUT2D eigenvalue weighted by Crippen LogP contribution is 2.21. The monoisotopic (exact) mass is 260 g/mol. The van der Waals surface area contributed by atoms with E-state index >= 15 is 0 Å². The van der Waals surface area contributed by atoms with E-state index in [9.17, 15) is 4.39 Å². The summed E-state index contributed by atoms with van der Waals surface area (Å²) in [4.78, 5) is 4.15.